The van der Waals surface area contributed by atoms with Gasteiger partial charge in [-0.25, -0.2) is 9.97 Å². The maximum atomic E-state index is 5.21. The van der Waals surface area contributed by atoms with Gasteiger partial charge in [-0.05, 0) is 31.4 Å². The summed E-state index contributed by atoms with van der Waals surface area (Å²) in [5, 5.41) is 3.33. The largest absolute Gasteiger partial charge is 0.378 e. The molecule has 0 unspecified atom stereocenters. The van der Waals surface area contributed by atoms with Crippen molar-refractivity contribution in [2.75, 3.05) is 19.0 Å². The molecule has 0 spiro atoms. The fourth-order valence-corrected chi connectivity index (χ4v) is 2.18. The normalized spacial score (nSPS) is 10.7. The summed E-state index contributed by atoms with van der Waals surface area (Å²) in [6, 6.07) is 8.17. The summed E-state index contributed by atoms with van der Waals surface area (Å²) in [5.41, 5.74) is 4.43. The fraction of sp³-hybridized carbons (Fsp3) is 0.412. The summed E-state index contributed by atoms with van der Waals surface area (Å²) in [6.45, 7) is 7.73. The molecule has 1 heterocycles. The zero-order chi connectivity index (χ0) is 15.2. The fourth-order valence-electron chi connectivity index (χ4n) is 2.18. The number of nitrogens with one attached hydrogen (secondary N) is 1. The number of rotatable bonds is 6. The maximum Gasteiger partial charge on any atom is 0.162 e. The molecule has 0 fully saturated rings. The van der Waals surface area contributed by atoms with Crippen LogP contribution in [0.25, 0.3) is 11.4 Å². The summed E-state index contributed by atoms with van der Waals surface area (Å²) >= 11 is 0. The first-order valence-corrected chi connectivity index (χ1v) is 7.33. The van der Waals surface area contributed by atoms with E-state index in [0.29, 0.717) is 6.61 Å². The lowest BCUT2D eigenvalue weighted by molar-refractivity contribution is 0.181. The molecular formula is C17H23N3O. The Labute approximate surface area is 126 Å². The molecule has 1 aromatic heterocycles. The molecule has 4 heteroatoms. The summed E-state index contributed by atoms with van der Waals surface area (Å²) in [6.07, 6.45) is 1.06. The highest BCUT2D eigenvalue weighted by molar-refractivity contribution is 5.63. The van der Waals surface area contributed by atoms with E-state index < -0.39 is 0 Å². The van der Waals surface area contributed by atoms with E-state index in [9.17, 15) is 0 Å². The molecule has 2 rings (SSSR count). The molecule has 0 aliphatic rings. The highest BCUT2D eigenvalue weighted by Crippen LogP contribution is 2.24. The van der Waals surface area contributed by atoms with E-state index in [1.165, 1.54) is 11.1 Å². The van der Waals surface area contributed by atoms with Crippen molar-refractivity contribution in [3.8, 4) is 11.4 Å². The Morgan fingerprint density at radius 2 is 2.00 bits per heavy atom. The van der Waals surface area contributed by atoms with Gasteiger partial charge in [-0.15, -0.1) is 0 Å². The third-order valence-corrected chi connectivity index (χ3v) is 3.47. The topological polar surface area (TPSA) is 47.0 Å². The van der Waals surface area contributed by atoms with Crippen LogP contribution in [-0.2, 0) is 11.3 Å². The van der Waals surface area contributed by atoms with Crippen LogP contribution in [0, 0.1) is 13.8 Å². The Morgan fingerprint density at radius 1 is 1.19 bits per heavy atom. The predicted molar refractivity (Wildman–Crippen MR) is 86.4 cm³/mol. The minimum atomic E-state index is 0.487. The zero-order valence-electron chi connectivity index (χ0n) is 13.2. The van der Waals surface area contributed by atoms with Crippen molar-refractivity contribution in [3.05, 3.63) is 41.1 Å². The molecule has 0 aliphatic heterocycles. The number of anilines is 1. The number of hydrogen-bond donors (Lipinski definition) is 1. The predicted octanol–water partition coefficient (Wildman–Crippen LogP) is 3.73. The minimum Gasteiger partial charge on any atom is -0.378 e. The first kappa shape index (κ1) is 15.4. The quantitative estimate of drug-likeness (QED) is 0.878. The standard InChI is InChI=1S/C17H23N3O/c1-5-9-18-16-10-14(11-21-4)19-17(20-16)15-8-6-7-12(2)13(15)3/h6-8,10H,5,9,11H2,1-4H3,(H,18,19,20). The molecule has 21 heavy (non-hydrogen) atoms. The molecule has 0 radical (unpaired) electrons. The number of aryl methyl sites for hydroxylation is 1. The third kappa shape index (κ3) is 3.79. The van der Waals surface area contributed by atoms with E-state index in [1.54, 1.807) is 7.11 Å². The Bertz CT molecular complexity index is 611. The molecule has 0 aliphatic carbocycles. The van der Waals surface area contributed by atoms with Crippen LogP contribution in [0.2, 0.25) is 0 Å². The van der Waals surface area contributed by atoms with Crippen molar-refractivity contribution in [1.82, 2.24) is 9.97 Å². The Morgan fingerprint density at radius 3 is 2.71 bits per heavy atom. The Hall–Kier alpha value is -1.94. The van der Waals surface area contributed by atoms with E-state index in [-0.39, 0.29) is 0 Å². The van der Waals surface area contributed by atoms with Gasteiger partial charge in [0.1, 0.15) is 5.82 Å². The van der Waals surface area contributed by atoms with Gasteiger partial charge in [0.25, 0.3) is 0 Å². The van der Waals surface area contributed by atoms with E-state index in [4.69, 9.17) is 4.74 Å². The van der Waals surface area contributed by atoms with Crippen LogP contribution in [0.3, 0.4) is 0 Å². The van der Waals surface area contributed by atoms with Crippen LogP contribution in [0.5, 0.6) is 0 Å². The van der Waals surface area contributed by atoms with Crippen molar-refractivity contribution in [2.45, 2.75) is 33.8 Å². The monoisotopic (exact) mass is 285 g/mol. The van der Waals surface area contributed by atoms with Crippen LogP contribution >= 0.6 is 0 Å². The van der Waals surface area contributed by atoms with Gasteiger partial charge in [-0.3, -0.25) is 0 Å². The number of aromatic nitrogens is 2. The average Bonchev–Trinajstić information content (AvgIpc) is 2.48. The first-order chi connectivity index (χ1) is 10.2. The van der Waals surface area contributed by atoms with Crippen LogP contribution < -0.4 is 5.32 Å². The van der Waals surface area contributed by atoms with Gasteiger partial charge in [-0.2, -0.15) is 0 Å². The third-order valence-electron chi connectivity index (χ3n) is 3.47. The number of nitrogens with zero attached hydrogens (tertiary/aromatic N) is 2. The van der Waals surface area contributed by atoms with Crippen LogP contribution in [0.1, 0.15) is 30.2 Å². The molecule has 0 bridgehead atoms. The van der Waals surface area contributed by atoms with Gasteiger partial charge in [-0.1, -0.05) is 25.1 Å². The number of ether oxygens (including phenoxy) is 1. The molecule has 2 aromatic rings. The SMILES string of the molecule is CCCNc1cc(COC)nc(-c2cccc(C)c2C)n1. The number of methoxy groups -OCH3 is 1. The van der Waals surface area contributed by atoms with Gasteiger partial charge in [0.15, 0.2) is 5.82 Å². The second kappa shape index (κ2) is 7.18. The van der Waals surface area contributed by atoms with Gasteiger partial charge in [0, 0.05) is 25.3 Å². The lowest BCUT2D eigenvalue weighted by atomic mass is 10.0. The summed E-state index contributed by atoms with van der Waals surface area (Å²) in [5.74, 6) is 1.61. The van der Waals surface area contributed by atoms with Crippen molar-refractivity contribution in [1.29, 1.82) is 0 Å². The number of hydrogen-bond acceptors (Lipinski definition) is 4. The molecular weight excluding hydrogens is 262 g/mol. The van der Waals surface area contributed by atoms with Crippen LogP contribution in [0.4, 0.5) is 5.82 Å². The van der Waals surface area contributed by atoms with Gasteiger partial charge in [0.2, 0.25) is 0 Å². The lowest BCUT2D eigenvalue weighted by Gasteiger charge is -2.12. The molecule has 0 saturated heterocycles. The summed E-state index contributed by atoms with van der Waals surface area (Å²) in [4.78, 5) is 9.27. The van der Waals surface area contributed by atoms with E-state index in [2.05, 4.69) is 48.2 Å². The van der Waals surface area contributed by atoms with E-state index in [0.717, 1.165) is 35.9 Å². The second-order valence-electron chi connectivity index (χ2n) is 5.18. The van der Waals surface area contributed by atoms with E-state index in [1.807, 2.05) is 12.1 Å². The van der Waals surface area contributed by atoms with Crippen LogP contribution in [-0.4, -0.2) is 23.6 Å². The smallest absolute Gasteiger partial charge is 0.162 e. The second-order valence-corrected chi connectivity index (χ2v) is 5.18. The van der Waals surface area contributed by atoms with Crippen LogP contribution in [0.15, 0.2) is 24.3 Å². The molecule has 0 saturated carbocycles. The van der Waals surface area contributed by atoms with Crippen molar-refractivity contribution in [3.63, 3.8) is 0 Å². The van der Waals surface area contributed by atoms with Crippen molar-refractivity contribution >= 4 is 5.82 Å². The molecule has 112 valence electrons. The van der Waals surface area contributed by atoms with Gasteiger partial charge in [0.05, 0.1) is 12.3 Å². The molecule has 4 nitrogen and oxygen atoms in total. The number of benzene rings is 1. The molecule has 0 amide bonds. The molecule has 1 aromatic carbocycles. The maximum absolute atomic E-state index is 5.21. The van der Waals surface area contributed by atoms with Gasteiger partial charge < -0.3 is 10.1 Å². The van der Waals surface area contributed by atoms with E-state index >= 15 is 0 Å². The average molecular weight is 285 g/mol. The molecule has 0 atom stereocenters. The summed E-state index contributed by atoms with van der Waals surface area (Å²) in [7, 11) is 1.68. The zero-order valence-corrected chi connectivity index (χ0v) is 13.2. The molecule has 1 N–H and O–H groups in total. The Balaban J connectivity index is 2.45. The van der Waals surface area contributed by atoms with Gasteiger partial charge >= 0.3 is 0 Å². The lowest BCUT2D eigenvalue weighted by Crippen LogP contribution is -2.06. The van der Waals surface area contributed by atoms with Crippen molar-refractivity contribution in [2.24, 2.45) is 0 Å². The Kier molecular flexibility index (Phi) is 5.28. The highest BCUT2D eigenvalue weighted by Gasteiger charge is 2.10. The van der Waals surface area contributed by atoms with Crippen molar-refractivity contribution < 1.29 is 4.74 Å². The first-order valence-electron chi connectivity index (χ1n) is 7.33. The minimum absolute atomic E-state index is 0.487. The highest BCUT2D eigenvalue weighted by atomic mass is 16.5. The summed E-state index contributed by atoms with van der Waals surface area (Å²) < 4.78 is 5.21.